The van der Waals surface area contributed by atoms with Crippen LogP contribution < -0.4 is 10.2 Å². The van der Waals surface area contributed by atoms with Gasteiger partial charge in [-0.25, -0.2) is 9.97 Å². The van der Waals surface area contributed by atoms with Gasteiger partial charge in [0.2, 0.25) is 0 Å². The molecule has 2 fully saturated rings. The third kappa shape index (κ3) is 4.26. The number of carbonyl (C=O) groups excluding carboxylic acids is 1. The molecule has 154 valence electrons. The minimum absolute atomic E-state index is 0.0746. The van der Waals surface area contributed by atoms with Crippen LogP contribution in [0.2, 0.25) is 0 Å². The van der Waals surface area contributed by atoms with Crippen molar-refractivity contribution >= 4 is 17.4 Å². The molecule has 0 atom stereocenters. The number of piperidine rings is 1. The van der Waals surface area contributed by atoms with Crippen molar-refractivity contribution in [1.29, 1.82) is 0 Å². The van der Waals surface area contributed by atoms with E-state index in [1.54, 1.807) is 6.07 Å². The van der Waals surface area contributed by atoms with Gasteiger partial charge < -0.3 is 19.7 Å². The highest BCUT2D eigenvalue weighted by atomic mass is 16.7. The van der Waals surface area contributed by atoms with Crippen LogP contribution in [0.5, 0.6) is 0 Å². The fourth-order valence-electron chi connectivity index (χ4n) is 3.94. The number of aromatic nitrogens is 2. The molecule has 7 nitrogen and oxygen atoms in total. The topological polar surface area (TPSA) is 76.6 Å². The molecule has 0 aliphatic carbocycles. The van der Waals surface area contributed by atoms with Gasteiger partial charge in [0.25, 0.3) is 5.91 Å². The van der Waals surface area contributed by atoms with Crippen molar-refractivity contribution in [3.05, 3.63) is 47.9 Å². The fraction of sp³-hybridized carbons (Fsp3) is 0.500. The Balaban J connectivity index is 1.47. The number of nitrogens with zero attached hydrogens (tertiary/aromatic N) is 3. The van der Waals surface area contributed by atoms with Gasteiger partial charge in [-0.15, -0.1) is 0 Å². The predicted octanol–water partition coefficient (Wildman–Crippen LogP) is 3.37. The number of ether oxygens (including phenoxy) is 2. The molecular formula is C22H28N4O3. The Bertz CT molecular complexity index is 878. The summed E-state index contributed by atoms with van der Waals surface area (Å²) in [7, 11) is 0. The summed E-state index contributed by atoms with van der Waals surface area (Å²) in [6.07, 6.45) is 3.03. The van der Waals surface area contributed by atoms with E-state index in [4.69, 9.17) is 9.47 Å². The van der Waals surface area contributed by atoms with Gasteiger partial charge in [0, 0.05) is 37.7 Å². The lowest BCUT2D eigenvalue weighted by atomic mass is 9.86. The molecule has 3 heterocycles. The fourth-order valence-corrected chi connectivity index (χ4v) is 3.94. The maximum absolute atomic E-state index is 12.9. The number of hydrogen-bond acceptors (Lipinski definition) is 6. The van der Waals surface area contributed by atoms with Crippen molar-refractivity contribution in [1.82, 2.24) is 9.97 Å². The number of benzene rings is 1. The van der Waals surface area contributed by atoms with Crippen molar-refractivity contribution < 1.29 is 14.3 Å². The maximum atomic E-state index is 12.9. The van der Waals surface area contributed by atoms with Crippen molar-refractivity contribution in [2.24, 2.45) is 0 Å². The third-order valence-electron chi connectivity index (χ3n) is 5.53. The molecule has 2 aliphatic rings. The number of hydrogen-bond donors (Lipinski definition) is 1. The Morgan fingerprint density at radius 2 is 1.79 bits per heavy atom. The van der Waals surface area contributed by atoms with Crippen LogP contribution in [0.25, 0.3) is 0 Å². The molecule has 2 aliphatic heterocycles. The van der Waals surface area contributed by atoms with Crippen LogP contribution >= 0.6 is 0 Å². The highest BCUT2D eigenvalue weighted by Crippen LogP contribution is 2.33. The summed E-state index contributed by atoms with van der Waals surface area (Å²) in [4.78, 5) is 23.6. The summed E-state index contributed by atoms with van der Waals surface area (Å²) < 4.78 is 11.6. The van der Waals surface area contributed by atoms with Crippen molar-refractivity contribution in [3.63, 3.8) is 0 Å². The first-order valence-electron chi connectivity index (χ1n) is 10.1. The molecule has 0 unspecified atom stereocenters. The van der Waals surface area contributed by atoms with Gasteiger partial charge in [-0.3, -0.25) is 4.79 Å². The zero-order valence-electron chi connectivity index (χ0n) is 17.3. The smallest absolute Gasteiger partial charge is 0.274 e. The van der Waals surface area contributed by atoms with E-state index in [0.717, 1.165) is 43.0 Å². The molecular weight excluding hydrogens is 368 g/mol. The zero-order valence-corrected chi connectivity index (χ0v) is 17.3. The van der Waals surface area contributed by atoms with Crippen LogP contribution in [0.3, 0.4) is 0 Å². The minimum Gasteiger partial charge on any atom is -0.356 e. The Hall–Kier alpha value is -2.51. The van der Waals surface area contributed by atoms with E-state index < -0.39 is 5.79 Å². The average Bonchev–Trinajstić information content (AvgIpc) is 3.16. The van der Waals surface area contributed by atoms with E-state index in [9.17, 15) is 4.79 Å². The molecule has 0 bridgehead atoms. The van der Waals surface area contributed by atoms with Gasteiger partial charge in [0.05, 0.1) is 13.2 Å². The van der Waals surface area contributed by atoms with E-state index in [1.165, 1.54) is 6.33 Å². The van der Waals surface area contributed by atoms with E-state index in [-0.39, 0.29) is 11.3 Å². The molecule has 2 aromatic rings. The Labute approximate surface area is 171 Å². The zero-order chi connectivity index (χ0) is 20.5. The van der Waals surface area contributed by atoms with Gasteiger partial charge in [0.15, 0.2) is 5.79 Å². The molecule has 1 aromatic heterocycles. The Morgan fingerprint density at radius 1 is 1.10 bits per heavy atom. The summed E-state index contributed by atoms with van der Waals surface area (Å²) in [5.74, 6) is 0.0869. The number of anilines is 2. The number of amides is 1. The number of para-hydroxylation sites is 1. The van der Waals surface area contributed by atoms with E-state index in [0.29, 0.717) is 18.9 Å². The summed E-state index contributed by atoms with van der Waals surface area (Å²) in [6.45, 7) is 9.24. The van der Waals surface area contributed by atoms with Crippen LogP contribution in [0.15, 0.2) is 36.7 Å². The highest BCUT2D eigenvalue weighted by Gasteiger charge is 2.40. The lowest BCUT2D eigenvalue weighted by molar-refractivity contribution is -0.169. The maximum Gasteiger partial charge on any atom is 0.274 e. The number of nitrogens with one attached hydrogen (secondary N) is 1. The summed E-state index contributed by atoms with van der Waals surface area (Å²) in [6, 6.07) is 9.63. The normalized spacial score (nSPS) is 18.8. The van der Waals surface area contributed by atoms with Gasteiger partial charge in [-0.2, -0.15) is 0 Å². The predicted molar refractivity (Wildman–Crippen MR) is 111 cm³/mol. The molecule has 29 heavy (non-hydrogen) atoms. The van der Waals surface area contributed by atoms with Crippen LogP contribution in [-0.2, 0) is 14.9 Å². The van der Waals surface area contributed by atoms with Crippen molar-refractivity contribution in [2.45, 2.75) is 44.8 Å². The van der Waals surface area contributed by atoms with Crippen LogP contribution in [0.4, 0.5) is 11.5 Å². The second-order valence-electron chi connectivity index (χ2n) is 8.61. The van der Waals surface area contributed by atoms with E-state index >= 15 is 0 Å². The summed E-state index contributed by atoms with van der Waals surface area (Å²) in [5, 5.41) is 3.02. The molecule has 0 radical (unpaired) electrons. The van der Waals surface area contributed by atoms with Crippen molar-refractivity contribution in [3.8, 4) is 0 Å². The SMILES string of the molecule is CC(C)(C)c1ccccc1NC(=O)c1cc(N2CCC3(CC2)OCCO3)ncn1. The Kier molecular flexibility index (Phi) is 5.27. The number of carbonyl (C=O) groups is 1. The first-order chi connectivity index (χ1) is 13.9. The largest absolute Gasteiger partial charge is 0.356 e. The second-order valence-corrected chi connectivity index (χ2v) is 8.61. The standard InChI is InChI=1S/C22H28N4O3/c1-21(2,3)16-6-4-5-7-17(16)25-20(27)18-14-19(24-15-23-18)26-10-8-22(9-11-26)28-12-13-29-22/h4-7,14-15H,8-13H2,1-3H3,(H,25,27). The monoisotopic (exact) mass is 396 g/mol. The van der Waals surface area contributed by atoms with Crippen LogP contribution in [0, 0.1) is 0 Å². The van der Waals surface area contributed by atoms with Crippen LogP contribution in [0.1, 0.15) is 49.7 Å². The molecule has 1 spiro atoms. The first kappa shape index (κ1) is 19.8. The third-order valence-corrected chi connectivity index (χ3v) is 5.53. The van der Waals surface area contributed by atoms with Crippen LogP contribution in [-0.4, -0.2) is 48.0 Å². The molecule has 0 saturated carbocycles. The molecule has 1 aromatic carbocycles. The first-order valence-corrected chi connectivity index (χ1v) is 10.1. The summed E-state index contributed by atoms with van der Waals surface area (Å²) >= 11 is 0. The van der Waals surface area contributed by atoms with Gasteiger partial charge in [0.1, 0.15) is 17.8 Å². The molecule has 4 rings (SSSR count). The average molecular weight is 396 g/mol. The molecule has 2 saturated heterocycles. The van der Waals surface area contributed by atoms with E-state index in [2.05, 4.69) is 41.0 Å². The summed E-state index contributed by atoms with van der Waals surface area (Å²) in [5.41, 5.74) is 2.17. The minimum atomic E-state index is -0.430. The van der Waals surface area contributed by atoms with Gasteiger partial charge in [-0.05, 0) is 17.0 Å². The lowest BCUT2D eigenvalue weighted by Gasteiger charge is -2.38. The van der Waals surface area contributed by atoms with Gasteiger partial charge >= 0.3 is 0 Å². The van der Waals surface area contributed by atoms with Crippen molar-refractivity contribution in [2.75, 3.05) is 36.5 Å². The number of rotatable bonds is 3. The molecule has 7 heteroatoms. The van der Waals surface area contributed by atoms with Gasteiger partial charge in [-0.1, -0.05) is 39.0 Å². The molecule has 1 amide bonds. The second kappa shape index (κ2) is 7.72. The molecule has 1 N–H and O–H groups in total. The van der Waals surface area contributed by atoms with E-state index in [1.807, 2.05) is 24.3 Å². The quantitative estimate of drug-likeness (QED) is 0.857. The lowest BCUT2D eigenvalue weighted by Crippen LogP contribution is -2.45. The highest BCUT2D eigenvalue weighted by molar-refractivity contribution is 6.03. The Morgan fingerprint density at radius 3 is 2.48 bits per heavy atom.